The second-order valence-electron chi connectivity index (χ2n) is 7.51. The molecule has 1 fully saturated rings. The van der Waals surface area contributed by atoms with Crippen molar-refractivity contribution < 1.29 is 4.79 Å². The van der Waals surface area contributed by atoms with Crippen molar-refractivity contribution in [3.63, 3.8) is 0 Å². The molecule has 0 saturated heterocycles. The SMILES string of the molecule is O=C(c1cnc(-c2ccccc2)[nH]c1=O)N1CCc2[nH]nc(C3CCC3)c2C1. The fraction of sp³-hybridized carbons (Fsp3) is 0.333. The van der Waals surface area contributed by atoms with Crippen LogP contribution in [0.15, 0.2) is 41.3 Å². The standard InChI is InChI=1S/C21H21N5O2/c27-20-15(11-22-19(23-20)14-5-2-1-3-6-14)21(28)26-10-9-17-16(12-26)18(25-24-17)13-7-4-8-13/h1-3,5-6,11,13H,4,7-10,12H2,(H,24,25)(H,22,23,27). The minimum atomic E-state index is -0.406. The number of nitrogens with one attached hydrogen (secondary N) is 2. The summed E-state index contributed by atoms with van der Waals surface area (Å²) in [6.45, 7) is 1.06. The highest BCUT2D eigenvalue weighted by Gasteiger charge is 2.31. The minimum absolute atomic E-state index is 0.0804. The van der Waals surface area contributed by atoms with Crippen LogP contribution in [-0.2, 0) is 13.0 Å². The van der Waals surface area contributed by atoms with Crippen LogP contribution in [0.1, 0.15) is 52.5 Å². The van der Waals surface area contributed by atoms with Crippen molar-refractivity contribution in [2.45, 2.75) is 38.1 Å². The molecule has 142 valence electrons. The van der Waals surface area contributed by atoms with Gasteiger partial charge in [-0.3, -0.25) is 14.7 Å². The van der Waals surface area contributed by atoms with Gasteiger partial charge in [-0.15, -0.1) is 0 Å². The molecule has 1 amide bonds. The Morgan fingerprint density at radius 1 is 1.18 bits per heavy atom. The van der Waals surface area contributed by atoms with E-state index in [-0.39, 0.29) is 11.5 Å². The van der Waals surface area contributed by atoms with Gasteiger partial charge in [0.15, 0.2) is 0 Å². The molecule has 7 nitrogen and oxygen atoms in total. The maximum atomic E-state index is 13.0. The van der Waals surface area contributed by atoms with Crippen LogP contribution in [0.2, 0.25) is 0 Å². The van der Waals surface area contributed by atoms with Crippen LogP contribution in [-0.4, -0.2) is 37.5 Å². The lowest BCUT2D eigenvalue weighted by atomic mass is 9.81. The Morgan fingerprint density at radius 3 is 2.71 bits per heavy atom. The molecule has 1 saturated carbocycles. The van der Waals surface area contributed by atoms with Crippen molar-refractivity contribution >= 4 is 5.91 Å². The fourth-order valence-corrected chi connectivity index (χ4v) is 3.97. The Balaban J connectivity index is 1.40. The van der Waals surface area contributed by atoms with Crippen LogP contribution in [0, 0.1) is 0 Å². The van der Waals surface area contributed by atoms with Gasteiger partial charge in [0.05, 0.1) is 5.69 Å². The predicted molar refractivity (Wildman–Crippen MR) is 104 cm³/mol. The van der Waals surface area contributed by atoms with Crippen molar-refractivity contribution in [3.05, 3.63) is 69.4 Å². The molecular formula is C21H21N5O2. The zero-order valence-corrected chi connectivity index (χ0v) is 15.4. The number of nitrogens with zero attached hydrogens (tertiary/aromatic N) is 3. The largest absolute Gasteiger partial charge is 0.334 e. The topological polar surface area (TPSA) is 94.7 Å². The van der Waals surface area contributed by atoms with E-state index in [0.29, 0.717) is 24.8 Å². The van der Waals surface area contributed by atoms with Gasteiger partial charge in [-0.25, -0.2) is 4.98 Å². The van der Waals surface area contributed by atoms with Gasteiger partial charge in [0, 0.05) is 48.4 Å². The number of amides is 1. The van der Waals surface area contributed by atoms with Crippen molar-refractivity contribution in [1.29, 1.82) is 0 Å². The van der Waals surface area contributed by atoms with Crippen LogP contribution < -0.4 is 5.56 Å². The molecule has 5 rings (SSSR count). The van der Waals surface area contributed by atoms with E-state index in [1.807, 2.05) is 30.3 Å². The van der Waals surface area contributed by atoms with Crippen LogP contribution in [0.3, 0.4) is 0 Å². The molecule has 0 atom stereocenters. The van der Waals surface area contributed by atoms with Gasteiger partial charge in [0.1, 0.15) is 11.4 Å². The first-order chi connectivity index (χ1) is 13.7. The Morgan fingerprint density at radius 2 is 2.00 bits per heavy atom. The van der Waals surface area contributed by atoms with Crippen molar-refractivity contribution in [3.8, 4) is 11.4 Å². The zero-order valence-electron chi connectivity index (χ0n) is 15.4. The lowest BCUT2D eigenvalue weighted by Gasteiger charge is -2.30. The molecule has 0 spiro atoms. The maximum Gasteiger partial charge on any atom is 0.264 e. The lowest BCUT2D eigenvalue weighted by molar-refractivity contribution is 0.0731. The second kappa shape index (κ2) is 6.74. The van der Waals surface area contributed by atoms with Gasteiger partial charge in [-0.2, -0.15) is 5.10 Å². The molecule has 0 unspecified atom stereocenters. The number of carbonyl (C=O) groups is 1. The summed E-state index contributed by atoms with van der Waals surface area (Å²) in [6.07, 6.45) is 5.69. The van der Waals surface area contributed by atoms with E-state index >= 15 is 0 Å². The second-order valence-corrected chi connectivity index (χ2v) is 7.51. The molecule has 2 aliphatic rings. The Kier molecular flexibility index (Phi) is 4.07. The third-order valence-corrected chi connectivity index (χ3v) is 5.82. The number of fused-ring (bicyclic) bond motifs is 1. The summed E-state index contributed by atoms with van der Waals surface area (Å²) in [5.74, 6) is 0.690. The van der Waals surface area contributed by atoms with Gasteiger partial charge in [0.25, 0.3) is 11.5 Å². The van der Waals surface area contributed by atoms with Crippen LogP contribution >= 0.6 is 0 Å². The summed E-state index contributed by atoms with van der Waals surface area (Å²) in [7, 11) is 0. The average Bonchev–Trinajstić information content (AvgIpc) is 3.09. The highest BCUT2D eigenvalue weighted by molar-refractivity contribution is 5.93. The Labute approximate surface area is 161 Å². The predicted octanol–water partition coefficient (Wildman–Crippen LogP) is 2.63. The first-order valence-electron chi connectivity index (χ1n) is 9.70. The molecule has 3 heterocycles. The monoisotopic (exact) mass is 375 g/mol. The molecule has 3 aromatic rings. The Bertz CT molecular complexity index is 1080. The van der Waals surface area contributed by atoms with Crippen molar-refractivity contribution in [2.24, 2.45) is 0 Å². The minimum Gasteiger partial charge on any atom is -0.334 e. The number of hydrogen-bond donors (Lipinski definition) is 2. The van der Waals surface area contributed by atoms with Crippen LogP contribution in [0.4, 0.5) is 0 Å². The van der Waals surface area contributed by atoms with E-state index in [1.54, 1.807) is 4.90 Å². The number of aromatic nitrogens is 4. The van der Waals surface area contributed by atoms with Crippen LogP contribution in [0.25, 0.3) is 11.4 Å². The first-order valence-corrected chi connectivity index (χ1v) is 9.70. The molecule has 2 N–H and O–H groups in total. The molecule has 1 aliphatic carbocycles. The molecule has 2 aromatic heterocycles. The van der Waals surface area contributed by atoms with E-state index in [9.17, 15) is 9.59 Å². The molecule has 0 bridgehead atoms. The maximum absolute atomic E-state index is 13.0. The summed E-state index contributed by atoms with van der Waals surface area (Å²) in [4.78, 5) is 34.3. The zero-order chi connectivity index (χ0) is 19.1. The van der Waals surface area contributed by atoms with E-state index in [2.05, 4.69) is 20.2 Å². The lowest BCUT2D eigenvalue weighted by Crippen LogP contribution is -2.39. The third-order valence-electron chi connectivity index (χ3n) is 5.82. The smallest absolute Gasteiger partial charge is 0.264 e. The molecule has 1 aromatic carbocycles. The van der Waals surface area contributed by atoms with E-state index in [4.69, 9.17) is 0 Å². The van der Waals surface area contributed by atoms with E-state index in [1.165, 1.54) is 12.6 Å². The summed E-state index contributed by atoms with van der Waals surface area (Å²) in [6, 6.07) is 9.39. The number of rotatable bonds is 3. The fourth-order valence-electron chi connectivity index (χ4n) is 3.97. The molecule has 7 heteroatoms. The van der Waals surface area contributed by atoms with Crippen molar-refractivity contribution in [2.75, 3.05) is 6.54 Å². The quantitative estimate of drug-likeness (QED) is 0.736. The normalized spacial score (nSPS) is 16.5. The molecule has 28 heavy (non-hydrogen) atoms. The Hall–Kier alpha value is -3.22. The number of aromatic amines is 2. The third kappa shape index (κ3) is 2.83. The van der Waals surface area contributed by atoms with Gasteiger partial charge < -0.3 is 9.88 Å². The summed E-state index contributed by atoms with van der Waals surface area (Å²) >= 11 is 0. The summed E-state index contributed by atoms with van der Waals surface area (Å²) in [5.41, 5.74) is 3.84. The van der Waals surface area contributed by atoms with Crippen LogP contribution in [0.5, 0.6) is 0 Å². The van der Waals surface area contributed by atoms with Gasteiger partial charge >= 0.3 is 0 Å². The number of hydrogen-bond acceptors (Lipinski definition) is 4. The number of benzene rings is 1. The van der Waals surface area contributed by atoms with E-state index in [0.717, 1.165) is 41.8 Å². The molecule has 0 radical (unpaired) electrons. The van der Waals surface area contributed by atoms with E-state index < -0.39 is 5.56 Å². The number of H-pyrrole nitrogens is 2. The molecular weight excluding hydrogens is 354 g/mol. The highest BCUT2D eigenvalue weighted by Crippen LogP contribution is 2.38. The van der Waals surface area contributed by atoms with Crippen molar-refractivity contribution in [1.82, 2.24) is 25.1 Å². The van der Waals surface area contributed by atoms with Gasteiger partial charge in [-0.1, -0.05) is 36.8 Å². The average molecular weight is 375 g/mol. The first kappa shape index (κ1) is 16.9. The molecule has 1 aliphatic heterocycles. The van der Waals surface area contributed by atoms with Gasteiger partial charge in [0.2, 0.25) is 0 Å². The highest BCUT2D eigenvalue weighted by atomic mass is 16.2. The summed E-state index contributed by atoms with van der Waals surface area (Å²) in [5, 5.41) is 7.65. The number of carbonyl (C=O) groups excluding carboxylic acids is 1. The van der Waals surface area contributed by atoms with Gasteiger partial charge in [-0.05, 0) is 12.8 Å². The summed E-state index contributed by atoms with van der Waals surface area (Å²) < 4.78 is 0.